The monoisotopic (exact) mass is 346 g/mol. The number of hydrogen-bond acceptors (Lipinski definition) is 4. The third-order valence-corrected chi connectivity index (χ3v) is 4.02. The van der Waals surface area contributed by atoms with E-state index in [-0.39, 0.29) is 5.57 Å². The number of allylic oxidation sites excluding steroid dienone is 2. The van der Waals surface area contributed by atoms with Gasteiger partial charge in [-0.2, -0.15) is 0 Å². The molecule has 0 aromatic heterocycles. The Balaban J connectivity index is 2.08. The lowest BCUT2D eigenvalue weighted by atomic mass is 9.92. The first-order valence-electron chi connectivity index (χ1n) is 8.08. The van der Waals surface area contributed by atoms with Crippen molar-refractivity contribution >= 4 is 29.4 Å². The summed E-state index contributed by atoms with van der Waals surface area (Å²) in [6, 6.07) is 16.3. The second kappa shape index (κ2) is 7.19. The van der Waals surface area contributed by atoms with Gasteiger partial charge in [0.25, 0.3) is 11.8 Å². The number of rotatable bonds is 4. The summed E-state index contributed by atoms with van der Waals surface area (Å²) in [7, 11) is 0. The number of amides is 2. The van der Waals surface area contributed by atoms with E-state index in [9.17, 15) is 19.5 Å². The number of benzene rings is 2. The number of aliphatic carboxylic acids is 1. The highest BCUT2D eigenvalue weighted by atomic mass is 16.4. The van der Waals surface area contributed by atoms with E-state index in [1.54, 1.807) is 30.3 Å². The van der Waals surface area contributed by atoms with Crippen LogP contribution >= 0.6 is 0 Å². The predicted molar refractivity (Wildman–Crippen MR) is 95.6 cm³/mol. The van der Waals surface area contributed by atoms with Gasteiger partial charge in [0.05, 0.1) is 12.5 Å². The molecule has 2 aromatic carbocycles. The first-order valence-corrected chi connectivity index (χ1v) is 8.08. The first-order chi connectivity index (χ1) is 12.5. The minimum absolute atomic E-state index is 0.283. The molecule has 130 valence electrons. The fraction of sp³-hybridized carbons (Fsp3) is 0.0952. The van der Waals surface area contributed by atoms with Gasteiger partial charge in [0.15, 0.2) is 0 Å². The van der Waals surface area contributed by atoms with Crippen LogP contribution < -0.4 is 5.11 Å². The van der Waals surface area contributed by atoms with Crippen LogP contribution in [0.4, 0.5) is 0 Å². The minimum Gasteiger partial charge on any atom is -0.548 e. The predicted octanol–water partition coefficient (Wildman–Crippen LogP) is 1.91. The van der Waals surface area contributed by atoms with Crippen LogP contribution in [0.3, 0.4) is 0 Å². The zero-order valence-electron chi connectivity index (χ0n) is 14.1. The number of carboxylic acid groups (broad SMARTS) is 1. The molecule has 26 heavy (non-hydrogen) atoms. The lowest BCUT2D eigenvalue weighted by Crippen LogP contribution is -2.47. The zero-order chi connectivity index (χ0) is 18.7. The highest BCUT2D eigenvalue weighted by Crippen LogP contribution is 2.29. The maximum Gasteiger partial charge on any atom is 0.261 e. The maximum atomic E-state index is 12.7. The van der Waals surface area contributed by atoms with E-state index in [4.69, 9.17) is 0 Å². The summed E-state index contributed by atoms with van der Waals surface area (Å²) in [6.45, 7) is 1.07. The molecule has 0 aliphatic carbocycles. The highest BCUT2D eigenvalue weighted by Gasteiger charge is 2.34. The Labute approximate surface area is 150 Å². The summed E-state index contributed by atoms with van der Waals surface area (Å²) in [5, 5.41) is 11.0. The van der Waals surface area contributed by atoms with E-state index in [1.807, 2.05) is 43.3 Å². The number of nitrogens with zero attached hydrogens (tertiary/aromatic N) is 1. The van der Waals surface area contributed by atoms with Gasteiger partial charge in [-0.3, -0.25) is 14.5 Å². The van der Waals surface area contributed by atoms with Crippen molar-refractivity contribution in [2.75, 3.05) is 6.54 Å². The summed E-state index contributed by atoms with van der Waals surface area (Å²) in [5.74, 6) is -2.75. The van der Waals surface area contributed by atoms with Crippen molar-refractivity contribution in [1.82, 2.24) is 4.90 Å². The Hall–Kier alpha value is -3.47. The molecule has 0 unspecified atom stereocenters. The van der Waals surface area contributed by atoms with E-state index in [2.05, 4.69) is 0 Å². The number of hydrogen-bond donors (Lipinski definition) is 0. The average Bonchev–Trinajstić information content (AvgIpc) is 2.63. The molecule has 0 radical (unpaired) electrons. The summed E-state index contributed by atoms with van der Waals surface area (Å²) in [4.78, 5) is 36.9. The van der Waals surface area contributed by atoms with E-state index in [0.717, 1.165) is 11.1 Å². The Morgan fingerprint density at radius 3 is 2.23 bits per heavy atom. The molecule has 0 saturated carbocycles. The van der Waals surface area contributed by atoms with Gasteiger partial charge in [-0.1, -0.05) is 54.6 Å². The SMILES string of the molecule is C/C(C=C1C(=O)N(CC(=O)[O-])C(=O)c2ccccc21)=C\c1ccccc1. The van der Waals surface area contributed by atoms with Gasteiger partial charge in [-0.15, -0.1) is 0 Å². The van der Waals surface area contributed by atoms with Crippen LogP contribution in [0.1, 0.15) is 28.4 Å². The molecule has 0 atom stereocenters. The van der Waals surface area contributed by atoms with Crippen LogP contribution in [-0.4, -0.2) is 29.2 Å². The quantitative estimate of drug-likeness (QED) is 0.626. The van der Waals surface area contributed by atoms with Crippen LogP contribution in [0.2, 0.25) is 0 Å². The zero-order valence-corrected chi connectivity index (χ0v) is 14.1. The second-order valence-electron chi connectivity index (χ2n) is 5.97. The van der Waals surface area contributed by atoms with Crippen LogP contribution in [0, 0.1) is 0 Å². The second-order valence-corrected chi connectivity index (χ2v) is 5.97. The van der Waals surface area contributed by atoms with Gasteiger partial charge in [0, 0.05) is 11.1 Å². The van der Waals surface area contributed by atoms with Crippen LogP contribution in [-0.2, 0) is 9.59 Å². The molecular weight excluding hydrogens is 330 g/mol. The summed E-state index contributed by atoms with van der Waals surface area (Å²) < 4.78 is 0. The standard InChI is InChI=1S/C21H17NO4/c1-14(11-15-7-3-2-4-8-15)12-18-16-9-5-6-10-17(16)20(25)22(21(18)26)13-19(23)24/h2-12H,13H2,1H3,(H,23,24)/p-1/b14-11+,18-12?. The summed E-state index contributed by atoms with van der Waals surface area (Å²) in [5.41, 5.74) is 2.86. The number of imide groups is 1. The van der Waals surface area contributed by atoms with E-state index in [0.29, 0.717) is 16.0 Å². The van der Waals surface area contributed by atoms with Crippen molar-refractivity contribution in [2.45, 2.75) is 6.92 Å². The van der Waals surface area contributed by atoms with Crippen molar-refractivity contribution in [3.8, 4) is 0 Å². The Morgan fingerprint density at radius 1 is 0.962 bits per heavy atom. The Bertz CT molecular complexity index is 941. The molecule has 0 saturated heterocycles. The molecular formula is C21H16NO4-. The van der Waals surface area contributed by atoms with Gasteiger partial charge in [-0.25, -0.2) is 0 Å². The normalized spacial score (nSPS) is 16.0. The molecule has 0 spiro atoms. The Morgan fingerprint density at radius 2 is 1.58 bits per heavy atom. The fourth-order valence-electron chi connectivity index (χ4n) is 2.90. The lowest BCUT2D eigenvalue weighted by molar-refractivity contribution is -0.305. The highest BCUT2D eigenvalue weighted by molar-refractivity contribution is 6.31. The van der Waals surface area contributed by atoms with Crippen molar-refractivity contribution < 1.29 is 19.5 Å². The number of fused-ring (bicyclic) bond motifs is 1. The van der Waals surface area contributed by atoms with Gasteiger partial charge in [0.1, 0.15) is 0 Å². The third-order valence-electron chi connectivity index (χ3n) is 4.02. The molecule has 3 rings (SSSR count). The molecule has 5 nitrogen and oxygen atoms in total. The molecule has 5 heteroatoms. The largest absolute Gasteiger partial charge is 0.548 e. The van der Waals surface area contributed by atoms with Gasteiger partial charge in [-0.05, 0) is 35.8 Å². The fourth-order valence-corrected chi connectivity index (χ4v) is 2.90. The van der Waals surface area contributed by atoms with Gasteiger partial charge in [0.2, 0.25) is 0 Å². The van der Waals surface area contributed by atoms with Crippen molar-refractivity contribution in [3.05, 3.63) is 82.9 Å². The molecule has 2 aromatic rings. The molecule has 0 bridgehead atoms. The third kappa shape index (κ3) is 3.47. The molecule has 1 heterocycles. The smallest absolute Gasteiger partial charge is 0.261 e. The maximum absolute atomic E-state index is 12.7. The van der Waals surface area contributed by atoms with E-state index < -0.39 is 24.3 Å². The molecule has 1 aliphatic heterocycles. The first kappa shape index (κ1) is 17.4. The van der Waals surface area contributed by atoms with Crippen molar-refractivity contribution in [1.29, 1.82) is 0 Å². The number of carbonyl (C=O) groups is 3. The molecule has 0 N–H and O–H groups in total. The average molecular weight is 346 g/mol. The number of carboxylic acids is 1. The van der Waals surface area contributed by atoms with E-state index in [1.165, 1.54) is 0 Å². The van der Waals surface area contributed by atoms with Crippen molar-refractivity contribution in [2.24, 2.45) is 0 Å². The topological polar surface area (TPSA) is 77.5 Å². The lowest BCUT2D eigenvalue weighted by Gasteiger charge is -2.28. The Kier molecular flexibility index (Phi) is 4.80. The van der Waals surface area contributed by atoms with Gasteiger partial charge >= 0.3 is 0 Å². The van der Waals surface area contributed by atoms with Crippen LogP contribution in [0.5, 0.6) is 0 Å². The van der Waals surface area contributed by atoms with Crippen LogP contribution in [0.15, 0.2) is 66.2 Å². The minimum atomic E-state index is -1.48. The molecule has 1 aliphatic rings. The summed E-state index contributed by atoms with van der Waals surface area (Å²) in [6.07, 6.45) is 3.57. The summed E-state index contributed by atoms with van der Waals surface area (Å²) >= 11 is 0. The molecule has 2 amide bonds. The van der Waals surface area contributed by atoms with Crippen molar-refractivity contribution in [3.63, 3.8) is 0 Å². The van der Waals surface area contributed by atoms with E-state index >= 15 is 0 Å². The molecule has 0 fully saturated rings. The van der Waals surface area contributed by atoms with Gasteiger partial charge < -0.3 is 9.90 Å². The van der Waals surface area contributed by atoms with Crippen LogP contribution in [0.25, 0.3) is 11.6 Å². The number of carbonyl (C=O) groups excluding carboxylic acids is 3.